The molecular formula is C16H13F3N4O3S. The fourth-order valence-electron chi connectivity index (χ4n) is 2.54. The Morgan fingerprint density at radius 1 is 1.19 bits per heavy atom. The number of alkyl halides is 3. The van der Waals surface area contributed by atoms with E-state index in [-0.39, 0.29) is 21.8 Å². The molecule has 3 aromatic rings. The third-order valence-corrected chi connectivity index (χ3v) is 4.73. The Morgan fingerprint density at radius 3 is 2.48 bits per heavy atom. The highest BCUT2D eigenvalue weighted by Crippen LogP contribution is 2.33. The second-order valence-corrected chi connectivity index (χ2v) is 7.09. The number of halogens is 3. The van der Waals surface area contributed by atoms with Crippen LogP contribution >= 0.6 is 0 Å². The summed E-state index contributed by atoms with van der Waals surface area (Å²) in [6.07, 6.45) is -1.83. The molecule has 0 atom stereocenters. The minimum absolute atomic E-state index is 0.0591. The molecular weight excluding hydrogens is 385 g/mol. The maximum atomic E-state index is 13.2. The number of hydrogen-bond acceptors (Lipinski definition) is 5. The van der Waals surface area contributed by atoms with Gasteiger partial charge in [-0.15, -0.1) is 0 Å². The van der Waals surface area contributed by atoms with E-state index in [2.05, 4.69) is 10.1 Å². The summed E-state index contributed by atoms with van der Waals surface area (Å²) in [5.41, 5.74) is -0.580. The molecule has 7 nitrogen and oxygen atoms in total. The molecule has 1 aromatic carbocycles. The smallest absolute Gasteiger partial charge is 0.392 e. The van der Waals surface area contributed by atoms with Crippen LogP contribution in [-0.4, -0.2) is 28.3 Å². The summed E-state index contributed by atoms with van der Waals surface area (Å²) in [6.45, 7) is -0.671. The number of aliphatic hydroxyl groups is 1. The maximum Gasteiger partial charge on any atom is 0.435 e. The van der Waals surface area contributed by atoms with Crippen LogP contribution in [0.4, 0.5) is 13.2 Å². The Morgan fingerprint density at radius 2 is 1.93 bits per heavy atom. The van der Waals surface area contributed by atoms with Gasteiger partial charge in [-0.25, -0.2) is 18.2 Å². The molecule has 3 N–H and O–H groups in total. The van der Waals surface area contributed by atoms with Gasteiger partial charge in [0.15, 0.2) is 5.69 Å². The molecule has 0 aliphatic heterocycles. The van der Waals surface area contributed by atoms with Crippen molar-refractivity contribution in [2.24, 2.45) is 5.14 Å². The molecule has 0 bridgehead atoms. The van der Waals surface area contributed by atoms with Gasteiger partial charge in [0.25, 0.3) is 0 Å². The quantitative estimate of drug-likeness (QED) is 0.699. The van der Waals surface area contributed by atoms with Crippen LogP contribution in [-0.2, 0) is 22.8 Å². The molecule has 0 amide bonds. The first-order chi connectivity index (χ1) is 12.6. The predicted molar refractivity (Wildman–Crippen MR) is 89.1 cm³/mol. The van der Waals surface area contributed by atoms with E-state index in [4.69, 9.17) is 5.14 Å². The van der Waals surface area contributed by atoms with Gasteiger partial charge in [0.05, 0.1) is 22.9 Å². The first-order valence-electron chi connectivity index (χ1n) is 7.46. The lowest BCUT2D eigenvalue weighted by molar-refractivity contribution is -0.141. The van der Waals surface area contributed by atoms with Crippen LogP contribution < -0.4 is 5.14 Å². The van der Waals surface area contributed by atoms with Gasteiger partial charge in [-0.2, -0.15) is 18.3 Å². The molecule has 11 heteroatoms. The van der Waals surface area contributed by atoms with Crippen molar-refractivity contribution in [3.63, 3.8) is 0 Å². The Bertz CT molecular complexity index is 1080. The summed E-state index contributed by atoms with van der Waals surface area (Å²) < 4.78 is 63.6. The zero-order chi connectivity index (χ0) is 19.8. The normalized spacial score (nSPS) is 12.3. The number of benzene rings is 1. The molecule has 2 heterocycles. The number of pyridine rings is 1. The predicted octanol–water partition coefficient (Wildman–Crippen LogP) is 2.09. The van der Waals surface area contributed by atoms with E-state index < -0.39 is 28.5 Å². The molecule has 0 fully saturated rings. The van der Waals surface area contributed by atoms with Crippen LogP contribution in [0.2, 0.25) is 0 Å². The van der Waals surface area contributed by atoms with Crippen LogP contribution in [0.5, 0.6) is 0 Å². The van der Waals surface area contributed by atoms with E-state index >= 15 is 0 Å². The maximum absolute atomic E-state index is 13.2. The third-order valence-electron chi connectivity index (χ3n) is 3.72. The topological polar surface area (TPSA) is 111 Å². The average molecular weight is 398 g/mol. The van der Waals surface area contributed by atoms with Crippen LogP contribution in [0.3, 0.4) is 0 Å². The van der Waals surface area contributed by atoms with E-state index in [1.807, 2.05) is 0 Å². The van der Waals surface area contributed by atoms with Gasteiger partial charge >= 0.3 is 6.18 Å². The first-order valence-corrected chi connectivity index (χ1v) is 9.00. The number of nitrogens with zero attached hydrogens (tertiary/aromatic N) is 3. The number of hydrogen-bond donors (Lipinski definition) is 2. The lowest BCUT2D eigenvalue weighted by atomic mass is 10.1. The van der Waals surface area contributed by atoms with Gasteiger partial charge in [0, 0.05) is 18.0 Å². The molecule has 2 aromatic heterocycles. The molecule has 27 heavy (non-hydrogen) atoms. The number of primary sulfonamides is 1. The fourth-order valence-corrected chi connectivity index (χ4v) is 3.28. The number of sulfonamides is 1. The van der Waals surface area contributed by atoms with Crippen molar-refractivity contribution in [1.82, 2.24) is 14.8 Å². The largest absolute Gasteiger partial charge is 0.435 e. The van der Waals surface area contributed by atoms with Crippen LogP contribution in [0.15, 0.2) is 53.7 Å². The fraction of sp³-hybridized carbons (Fsp3) is 0.125. The van der Waals surface area contributed by atoms with Crippen molar-refractivity contribution in [3.05, 3.63) is 60.0 Å². The molecule has 3 rings (SSSR count). The molecule has 0 saturated carbocycles. The van der Waals surface area contributed by atoms with Crippen LogP contribution in [0.1, 0.15) is 11.3 Å². The second-order valence-electron chi connectivity index (χ2n) is 5.56. The zero-order valence-corrected chi connectivity index (χ0v) is 14.4. The summed E-state index contributed by atoms with van der Waals surface area (Å²) in [5, 5.41) is 18.1. The third kappa shape index (κ3) is 3.84. The van der Waals surface area contributed by atoms with Gasteiger partial charge in [-0.1, -0.05) is 0 Å². The van der Waals surface area contributed by atoms with Crippen molar-refractivity contribution in [2.75, 3.05) is 0 Å². The van der Waals surface area contributed by atoms with Crippen molar-refractivity contribution in [2.45, 2.75) is 17.7 Å². The van der Waals surface area contributed by atoms with E-state index in [1.54, 1.807) is 12.1 Å². The summed E-state index contributed by atoms with van der Waals surface area (Å²) in [4.78, 5) is 3.57. The minimum atomic E-state index is -4.68. The van der Waals surface area contributed by atoms with Gasteiger partial charge < -0.3 is 5.11 Å². The molecule has 0 radical (unpaired) electrons. The lowest BCUT2D eigenvalue weighted by Gasteiger charge is -2.11. The molecule has 0 aliphatic rings. The number of aliphatic hydroxyl groups excluding tert-OH is 1. The number of nitrogens with two attached hydrogens (primary N) is 1. The number of rotatable bonds is 4. The van der Waals surface area contributed by atoms with Crippen molar-refractivity contribution in [1.29, 1.82) is 0 Å². The van der Waals surface area contributed by atoms with E-state index in [0.29, 0.717) is 5.56 Å². The highest BCUT2D eigenvalue weighted by molar-refractivity contribution is 7.89. The summed E-state index contributed by atoms with van der Waals surface area (Å²) in [6, 6.07) is 7.57. The van der Waals surface area contributed by atoms with Gasteiger partial charge in [0.1, 0.15) is 0 Å². The van der Waals surface area contributed by atoms with Crippen LogP contribution in [0.25, 0.3) is 16.9 Å². The second kappa shape index (κ2) is 6.76. The molecule has 0 aliphatic carbocycles. The Labute approximate surface area is 151 Å². The van der Waals surface area contributed by atoms with Gasteiger partial charge in [-0.3, -0.25) is 4.98 Å². The Kier molecular flexibility index (Phi) is 4.76. The summed E-state index contributed by atoms with van der Waals surface area (Å²) in [7, 11) is -4.10. The Balaban J connectivity index is 2.23. The van der Waals surface area contributed by atoms with Crippen LogP contribution in [0, 0.1) is 0 Å². The lowest BCUT2D eigenvalue weighted by Crippen LogP contribution is -2.15. The standard InChI is InChI=1S/C16H13F3N4O3S/c17-16(18,19)15-7-13(10-2-1-5-21-8-10)23(22-15)12-3-4-14(27(20,25)26)11(6-12)9-24/h1-8,24H,9H2,(H2,20,25,26). The van der Waals surface area contributed by atoms with Gasteiger partial charge in [-0.05, 0) is 42.0 Å². The van der Waals surface area contributed by atoms with Crippen molar-refractivity contribution >= 4 is 10.0 Å². The van der Waals surface area contributed by atoms with Gasteiger partial charge in [0.2, 0.25) is 10.0 Å². The van der Waals surface area contributed by atoms with Crippen molar-refractivity contribution < 1.29 is 26.7 Å². The number of aromatic nitrogens is 3. The minimum Gasteiger partial charge on any atom is -0.392 e. The Hall–Kier alpha value is -2.76. The summed E-state index contributed by atoms with van der Waals surface area (Å²) in [5.74, 6) is 0. The SMILES string of the molecule is NS(=O)(=O)c1ccc(-n2nc(C(F)(F)F)cc2-c2cccnc2)cc1CO. The van der Waals surface area contributed by atoms with Crippen molar-refractivity contribution in [3.8, 4) is 16.9 Å². The van der Waals surface area contributed by atoms with E-state index in [9.17, 15) is 26.7 Å². The molecule has 0 unspecified atom stereocenters. The molecule has 0 saturated heterocycles. The average Bonchev–Trinajstić information content (AvgIpc) is 3.07. The highest BCUT2D eigenvalue weighted by Gasteiger charge is 2.35. The molecule has 0 spiro atoms. The van der Waals surface area contributed by atoms with E-state index in [0.717, 1.165) is 16.8 Å². The zero-order valence-electron chi connectivity index (χ0n) is 13.6. The monoisotopic (exact) mass is 398 g/mol. The van der Waals surface area contributed by atoms with E-state index in [1.165, 1.54) is 24.5 Å². The molecule has 142 valence electrons. The summed E-state index contributed by atoms with van der Waals surface area (Å²) >= 11 is 0. The first kappa shape index (κ1) is 19.0. The highest BCUT2D eigenvalue weighted by atomic mass is 32.2.